The third-order valence-corrected chi connectivity index (χ3v) is 5.62. The maximum atomic E-state index is 12.0. The van der Waals surface area contributed by atoms with Crippen molar-refractivity contribution >= 4 is 5.97 Å². The zero-order chi connectivity index (χ0) is 14.2. The molecule has 0 aliphatic heterocycles. The van der Waals surface area contributed by atoms with Crippen LogP contribution < -0.4 is 0 Å². The summed E-state index contributed by atoms with van der Waals surface area (Å²) in [7, 11) is 0. The van der Waals surface area contributed by atoms with Crippen LogP contribution in [-0.4, -0.2) is 11.6 Å². The molecule has 2 bridgehead atoms. The van der Waals surface area contributed by atoms with Crippen LogP contribution in [0.5, 0.6) is 0 Å². The van der Waals surface area contributed by atoms with E-state index in [9.17, 15) is 4.79 Å². The zero-order valence-corrected chi connectivity index (χ0v) is 12.9. The molecule has 2 aliphatic rings. The van der Waals surface area contributed by atoms with E-state index < -0.39 is 0 Å². The molecule has 2 fully saturated rings. The van der Waals surface area contributed by atoms with Crippen LogP contribution in [0, 0.1) is 23.7 Å². The maximum Gasteiger partial charge on any atom is 0.333 e. The first-order chi connectivity index (χ1) is 8.86. The number of ether oxygens (including phenoxy) is 1. The first-order valence-electron chi connectivity index (χ1n) is 7.75. The van der Waals surface area contributed by atoms with Crippen LogP contribution in [0.1, 0.15) is 59.8 Å². The van der Waals surface area contributed by atoms with Crippen LogP contribution in [0.3, 0.4) is 0 Å². The number of carbonyl (C=O) groups is 1. The fourth-order valence-electron chi connectivity index (χ4n) is 4.17. The molecule has 2 heteroatoms. The Morgan fingerprint density at radius 2 is 2.00 bits per heavy atom. The molecule has 108 valence electrons. The summed E-state index contributed by atoms with van der Waals surface area (Å²) in [5.74, 6) is 2.43. The fraction of sp³-hybridized carbons (Fsp3) is 0.824. The number of hydrogen-bond acceptors (Lipinski definition) is 2. The Balaban J connectivity index is 2.17. The van der Waals surface area contributed by atoms with E-state index in [0.29, 0.717) is 17.4 Å². The van der Waals surface area contributed by atoms with E-state index in [4.69, 9.17) is 4.74 Å². The van der Waals surface area contributed by atoms with E-state index in [1.54, 1.807) is 6.92 Å². The van der Waals surface area contributed by atoms with Crippen LogP contribution in [0.4, 0.5) is 0 Å². The lowest BCUT2D eigenvalue weighted by Crippen LogP contribution is -2.52. The van der Waals surface area contributed by atoms with Crippen molar-refractivity contribution in [3.05, 3.63) is 12.2 Å². The summed E-state index contributed by atoms with van der Waals surface area (Å²) in [6, 6.07) is 0. The van der Waals surface area contributed by atoms with Crippen LogP contribution in [0.15, 0.2) is 12.2 Å². The van der Waals surface area contributed by atoms with Gasteiger partial charge in [0.15, 0.2) is 0 Å². The second-order valence-electron chi connectivity index (χ2n) is 7.03. The normalized spacial score (nSPS) is 41.7. The molecule has 5 atom stereocenters. The second-order valence-corrected chi connectivity index (χ2v) is 7.03. The molecular weight excluding hydrogens is 236 g/mol. The predicted octanol–water partition coefficient (Wildman–Crippen LogP) is 4.35. The molecule has 0 N–H and O–H groups in total. The van der Waals surface area contributed by atoms with E-state index in [-0.39, 0.29) is 11.6 Å². The number of fused-ring (bicyclic) bond motifs is 2. The highest BCUT2D eigenvalue weighted by molar-refractivity contribution is 5.87. The number of hydrogen-bond donors (Lipinski definition) is 0. The Morgan fingerprint density at radius 1 is 1.32 bits per heavy atom. The largest absolute Gasteiger partial charge is 0.455 e. The monoisotopic (exact) mass is 264 g/mol. The molecular formula is C17H28O2. The van der Waals surface area contributed by atoms with Crippen molar-refractivity contribution in [1.82, 2.24) is 0 Å². The minimum Gasteiger partial charge on any atom is -0.455 e. The Hall–Kier alpha value is -0.790. The SMILES string of the molecule is C=C(C)C(=O)OC1(C)C(C)CC2CC(CC)CC1C2. The number of rotatable bonds is 3. The van der Waals surface area contributed by atoms with Gasteiger partial charge in [0.1, 0.15) is 5.60 Å². The Morgan fingerprint density at radius 3 is 2.58 bits per heavy atom. The Bertz CT molecular complexity index is 371. The summed E-state index contributed by atoms with van der Waals surface area (Å²) in [5, 5.41) is 0. The minimum absolute atomic E-state index is 0.216. The van der Waals surface area contributed by atoms with Gasteiger partial charge in [-0.05, 0) is 63.2 Å². The summed E-state index contributed by atoms with van der Waals surface area (Å²) in [5.41, 5.74) is 0.221. The fourth-order valence-corrected chi connectivity index (χ4v) is 4.17. The van der Waals surface area contributed by atoms with Gasteiger partial charge < -0.3 is 4.74 Å². The predicted molar refractivity (Wildman–Crippen MR) is 77.7 cm³/mol. The molecule has 0 amide bonds. The maximum absolute atomic E-state index is 12.0. The molecule has 0 heterocycles. The van der Waals surface area contributed by atoms with Gasteiger partial charge in [-0.15, -0.1) is 0 Å². The van der Waals surface area contributed by atoms with E-state index in [1.807, 2.05) is 0 Å². The molecule has 0 radical (unpaired) electrons. The van der Waals surface area contributed by atoms with Gasteiger partial charge in [-0.3, -0.25) is 0 Å². The highest BCUT2D eigenvalue weighted by atomic mass is 16.6. The van der Waals surface area contributed by atoms with E-state index in [0.717, 1.165) is 11.8 Å². The van der Waals surface area contributed by atoms with Gasteiger partial charge >= 0.3 is 5.97 Å². The topological polar surface area (TPSA) is 26.3 Å². The molecule has 5 unspecified atom stereocenters. The summed E-state index contributed by atoms with van der Waals surface area (Å²) in [6.07, 6.45) is 6.29. The Labute approximate surface area is 117 Å². The molecule has 2 saturated carbocycles. The van der Waals surface area contributed by atoms with Crippen molar-refractivity contribution in [1.29, 1.82) is 0 Å². The summed E-state index contributed by atoms with van der Waals surface area (Å²) in [6.45, 7) is 12.1. The average molecular weight is 264 g/mol. The van der Waals surface area contributed by atoms with Crippen molar-refractivity contribution in [2.24, 2.45) is 23.7 Å². The molecule has 0 spiro atoms. The van der Waals surface area contributed by atoms with Crippen molar-refractivity contribution in [2.45, 2.75) is 65.4 Å². The van der Waals surface area contributed by atoms with E-state index in [1.165, 1.54) is 32.1 Å². The van der Waals surface area contributed by atoms with Gasteiger partial charge in [0.25, 0.3) is 0 Å². The molecule has 19 heavy (non-hydrogen) atoms. The molecule has 2 rings (SSSR count). The molecule has 0 saturated heterocycles. The van der Waals surface area contributed by atoms with Gasteiger partial charge in [-0.1, -0.05) is 26.8 Å². The first-order valence-corrected chi connectivity index (χ1v) is 7.75. The summed E-state index contributed by atoms with van der Waals surface area (Å²) < 4.78 is 5.89. The lowest BCUT2D eigenvalue weighted by atomic mass is 9.58. The van der Waals surface area contributed by atoms with Crippen LogP contribution in [-0.2, 0) is 9.53 Å². The minimum atomic E-state index is -0.291. The third-order valence-electron chi connectivity index (χ3n) is 5.62. The quantitative estimate of drug-likeness (QED) is 0.559. The number of esters is 1. The lowest BCUT2D eigenvalue weighted by molar-refractivity contribution is -0.180. The van der Waals surface area contributed by atoms with Gasteiger partial charge in [0.05, 0.1) is 0 Å². The molecule has 0 aromatic rings. The van der Waals surface area contributed by atoms with E-state index >= 15 is 0 Å². The van der Waals surface area contributed by atoms with Gasteiger partial charge in [0, 0.05) is 5.57 Å². The van der Waals surface area contributed by atoms with Crippen LogP contribution in [0.2, 0.25) is 0 Å². The lowest BCUT2D eigenvalue weighted by Gasteiger charge is -2.52. The second kappa shape index (κ2) is 5.30. The molecule has 0 aromatic carbocycles. The van der Waals surface area contributed by atoms with Crippen molar-refractivity contribution < 1.29 is 9.53 Å². The summed E-state index contributed by atoms with van der Waals surface area (Å²) >= 11 is 0. The van der Waals surface area contributed by atoms with E-state index in [2.05, 4.69) is 27.4 Å². The summed E-state index contributed by atoms with van der Waals surface area (Å²) in [4.78, 5) is 12.0. The Kier molecular flexibility index (Phi) is 4.08. The van der Waals surface area contributed by atoms with Crippen molar-refractivity contribution in [3.63, 3.8) is 0 Å². The third kappa shape index (κ3) is 2.73. The van der Waals surface area contributed by atoms with Crippen molar-refractivity contribution in [3.8, 4) is 0 Å². The smallest absolute Gasteiger partial charge is 0.333 e. The van der Waals surface area contributed by atoms with Gasteiger partial charge in [-0.2, -0.15) is 0 Å². The number of carbonyl (C=O) groups excluding carboxylic acids is 1. The standard InChI is InChI=1S/C17H28O2/c1-6-13-8-14-7-12(4)17(5,15(9-13)10-14)19-16(18)11(2)3/h12-15H,2,6-10H2,1,3-5H3. The van der Waals surface area contributed by atoms with Crippen LogP contribution in [0.25, 0.3) is 0 Å². The molecule has 0 aromatic heterocycles. The van der Waals surface area contributed by atoms with Crippen LogP contribution >= 0.6 is 0 Å². The zero-order valence-electron chi connectivity index (χ0n) is 12.9. The van der Waals surface area contributed by atoms with Gasteiger partial charge in [0.2, 0.25) is 0 Å². The molecule has 2 nitrogen and oxygen atoms in total. The van der Waals surface area contributed by atoms with Crippen molar-refractivity contribution in [2.75, 3.05) is 0 Å². The molecule has 2 aliphatic carbocycles. The average Bonchev–Trinajstić information content (AvgIpc) is 2.36. The first kappa shape index (κ1) is 14.6. The highest BCUT2D eigenvalue weighted by Gasteiger charge is 2.50. The highest BCUT2D eigenvalue weighted by Crippen LogP contribution is 2.52. The van der Waals surface area contributed by atoms with Gasteiger partial charge in [-0.25, -0.2) is 4.79 Å².